The number of fused-ring (bicyclic) bond motifs is 1. The van der Waals surface area contributed by atoms with E-state index in [1.807, 2.05) is 54.6 Å². The largest absolute Gasteiger partial charge is 0.466 e. The molecule has 0 aliphatic carbocycles. The number of ether oxygens (including phenoxy) is 1. The first-order valence-electron chi connectivity index (χ1n) is 8.13. The van der Waals surface area contributed by atoms with Gasteiger partial charge in [-0.15, -0.1) is 0 Å². The van der Waals surface area contributed by atoms with Gasteiger partial charge in [0.05, 0.1) is 11.5 Å². The van der Waals surface area contributed by atoms with E-state index in [9.17, 15) is 10.1 Å². The highest BCUT2D eigenvalue weighted by Gasteiger charge is 2.30. The number of nitrogens with zero attached hydrogens (tertiary/aromatic N) is 2. The van der Waals surface area contributed by atoms with Crippen LogP contribution in [0.1, 0.15) is 17.4 Å². The van der Waals surface area contributed by atoms with Crippen molar-refractivity contribution in [3.8, 4) is 5.75 Å². The summed E-state index contributed by atoms with van der Waals surface area (Å²) in [6.45, 7) is 0.630. The van der Waals surface area contributed by atoms with Crippen molar-refractivity contribution < 1.29 is 9.66 Å². The molecule has 0 fully saturated rings. The van der Waals surface area contributed by atoms with Crippen molar-refractivity contribution in [1.29, 1.82) is 0 Å². The lowest BCUT2D eigenvalue weighted by molar-refractivity contribution is -0.385. The summed E-state index contributed by atoms with van der Waals surface area (Å²) in [5, 5.41) is 11.8. The van der Waals surface area contributed by atoms with E-state index in [1.165, 1.54) is 6.07 Å². The van der Waals surface area contributed by atoms with Crippen molar-refractivity contribution in [2.45, 2.75) is 12.8 Å². The standard InChI is InChI=1S/C20H15ClN2O3/c21-16-8-10-17(11-9-16)22-13-15-4-1-2-7-19(15)26-20(22)14-5-3-6-18(12-14)23(24)25/h1-12,20H,13H2. The lowest BCUT2D eigenvalue weighted by Gasteiger charge is -2.38. The molecule has 3 aromatic carbocycles. The van der Waals surface area contributed by atoms with E-state index >= 15 is 0 Å². The molecule has 4 rings (SSSR count). The molecule has 0 radical (unpaired) electrons. The van der Waals surface area contributed by atoms with Crippen LogP contribution in [0.15, 0.2) is 72.8 Å². The van der Waals surface area contributed by atoms with Crippen LogP contribution in [0.4, 0.5) is 11.4 Å². The van der Waals surface area contributed by atoms with Gasteiger partial charge in [-0.25, -0.2) is 0 Å². The van der Waals surface area contributed by atoms with E-state index in [2.05, 4.69) is 4.90 Å². The normalized spacial score (nSPS) is 15.9. The molecule has 0 spiro atoms. The van der Waals surface area contributed by atoms with Gasteiger partial charge in [-0.3, -0.25) is 10.1 Å². The molecule has 1 aliphatic rings. The molecule has 1 unspecified atom stereocenters. The zero-order valence-corrected chi connectivity index (χ0v) is 14.5. The Morgan fingerprint density at radius 3 is 2.58 bits per heavy atom. The van der Waals surface area contributed by atoms with Gasteiger partial charge in [0.25, 0.3) is 5.69 Å². The van der Waals surface area contributed by atoms with Crippen LogP contribution in [0.3, 0.4) is 0 Å². The van der Waals surface area contributed by atoms with Gasteiger partial charge < -0.3 is 9.64 Å². The fraction of sp³-hybridized carbons (Fsp3) is 0.100. The Labute approximate surface area is 155 Å². The maximum atomic E-state index is 11.2. The summed E-state index contributed by atoms with van der Waals surface area (Å²) >= 11 is 6.02. The Morgan fingerprint density at radius 1 is 1.04 bits per heavy atom. The van der Waals surface area contributed by atoms with E-state index in [1.54, 1.807) is 12.1 Å². The Hall–Kier alpha value is -3.05. The van der Waals surface area contributed by atoms with E-state index in [-0.39, 0.29) is 5.69 Å². The van der Waals surface area contributed by atoms with Crippen molar-refractivity contribution in [3.63, 3.8) is 0 Å². The number of anilines is 1. The molecule has 0 amide bonds. The minimum atomic E-state index is -0.467. The number of hydrogen-bond acceptors (Lipinski definition) is 4. The summed E-state index contributed by atoms with van der Waals surface area (Å²) in [4.78, 5) is 12.8. The number of halogens is 1. The average Bonchev–Trinajstić information content (AvgIpc) is 2.67. The smallest absolute Gasteiger partial charge is 0.269 e. The maximum Gasteiger partial charge on any atom is 0.269 e. The SMILES string of the molecule is O=[N+]([O-])c1cccc(C2Oc3ccccc3CN2c2ccc(Cl)cc2)c1. The van der Waals surface area contributed by atoms with Crippen molar-refractivity contribution in [2.24, 2.45) is 0 Å². The number of benzene rings is 3. The molecular weight excluding hydrogens is 352 g/mol. The Morgan fingerprint density at radius 2 is 1.81 bits per heavy atom. The molecular formula is C20H15ClN2O3. The summed E-state index contributed by atoms with van der Waals surface area (Å²) in [5.74, 6) is 0.786. The molecule has 0 saturated carbocycles. The Bertz CT molecular complexity index is 959. The minimum Gasteiger partial charge on any atom is -0.466 e. The lowest BCUT2D eigenvalue weighted by atomic mass is 10.1. The zero-order chi connectivity index (χ0) is 18.1. The van der Waals surface area contributed by atoms with Gasteiger partial charge in [0.2, 0.25) is 0 Å². The first-order valence-corrected chi connectivity index (χ1v) is 8.51. The minimum absolute atomic E-state index is 0.0426. The molecule has 0 bridgehead atoms. The molecule has 5 nitrogen and oxygen atoms in total. The highest BCUT2D eigenvalue weighted by atomic mass is 35.5. The second-order valence-corrected chi connectivity index (χ2v) is 6.47. The third kappa shape index (κ3) is 3.09. The molecule has 0 aromatic heterocycles. The molecule has 0 saturated heterocycles. The van der Waals surface area contributed by atoms with Crippen LogP contribution in [0.25, 0.3) is 0 Å². The van der Waals surface area contributed by atoms with Crippen LogP contribution < -0.4 is 9.64 Å². The van der Waals surface area contributed by atoms with Crippen LogP contribution in [-0.4, -0.2) is 4.92 Å². The highest BCUT2D eigenvalue weighted by molar-refractivity contribution is 6.30. The van der Waals surface area contributed by atoms with Gasteiger partial charge >= 0.3 is 0 Å². The van der Waals surface area contributed by atoms with Gasteiger partial charge in [-0.2, -0.15) is 0 Å². The summed E-state index contributed by atoms with van der Waals surface area (Å²) in [6, 6.07) is 21.9. The molecule has 1 aliphatic heterocycles. The average molecular weight is 367 g/mol. The fourth-order valence-electron chi connectivity index (χ4n) is 3.10. The van der Waals surface area contributed by atoms with Gasteiger partial charge in [-0.1, -0.05) is 41.9 Å². The van der Waals surface area contributed by atoms with Crippen LogP contribution in [0.2, 0.25) is 5.02 Å². The Kier molecular flexibility index (Phi) is 4.22. The topological polar surface area (TPSA) is 55.6 Å². The fourth-order valence-corrected chi connectivity index (χ4v) is 3.22. The number of hydrogen-bond donors (Lipinski definition) is 0. The van der Waals surface area contributed by atoms with Crippen LogP contribution in [0.5, 0.6) is 5.75 Å². The number of rotatable bonds is 3. The van der Waals surface area contributed by atoms with E-state index < -0.39 is 11.2 Å². The number of nitro benzene ring substituents is 1. The maximum absolute atomic E-state index is 11.2. The molecule has 1 heterocycles. The first-order chi connectivity index (χ1) is 12.6. The Balaban J connectivity index is 1.79. The lowest BCUT2D eigenvalue weighted by Crippen LogP contribution is -2.36. The second-order valence-electron chi connectivity index (χ2n) is 6.03. The van der Waals surface area contributed by atoms with Gasteiger partial charge in [-0.05, 0) is 30.3 Å². The predicted octanol–water partition coefficient (Wildman–Crippen LogP) is 5.35. The number of non-ortho nitro benzene ring substituents is 1. The molecule has 130 valence electrons. The van der Waals surface area contributed by atoms with E-state index in [4.69, 9.17) is 16.3 Å². The van der Waals surface area contributed by atoms with Crippen LogP contribution >= 0.6 is 11.6 Å². The highest BCUT2D eigenvalue weighted by Crippen LogP contribution is 2.39. The zero-order valence-electron chi connectivity index (χ0n) is 13.7. The van der Waals surface area contributed by atoms with Gasteiger partial charge in [0, 0.05) is 34.0 Å². The summed E-state index contributed by atoms with van der Waals surface area (Å²) in [5.41, 5.74) is 2.76. The third-order valence-electron chi connectivity index (χ3n) is 4.36. The van der Waals surface area contributed by atoms with E-state index in [0.29, 0.717) is 11.6 Å². The van der Waals surface area contributed by atoms with Crippen molar-refractivity contribution in [3.05, 3.63) is 99.1 Å². The first kappa shape index (κ1) is 16.4. The van der Waals surface area contributed by atoms with Crippen molar-refractivity contribution in [2.75, 3.05) is 4.90 Å². The quantitative estimate of drug-likeness (QED) is 0.463. The summed E-state index contributed by atoms with van der Waals surface area (Å²) in [6.07, 6.45) is -0.467. The molecule has 3 aromatic rings. The molecule has 0 N–H and O–H groups in total. The predicted molar refractivity (Wildman–Crippen MR) is 101 cm³/mol. The monoisotopic (exact) mass is 366 g/mol. The second kappa shape index (κ2) is 6.69. The summed E-state index contributed by atoms with van der Waals surface area (Å²) < 4.78 is 6.22. The van der Waals surface area contributed by atoms with Gasteiger partial charge in [0.15, 0.2) is 6.23 Å². The van der Waals surface area contributed by atoms with Crippen molar-refractivity contribution in [1.82, 2.24) is 0 Å². The summed E-state index contributed by atoms with van der Waals surface area (Å²) in [7, 11) is 0. The van der Waals surface area contributed by atoms with Crippen molar-refractivity contribution >= 4 is 23.0 Å². The van der Waals surface area contributed by atoms with Gasteiger partial charge in [0.1, 0.15) is 5.75 Å². The molecule has 6 heteroatoms. The third-order valence-corrected chi connectivity index (χ3v) is 4.61. The molecule has 1 atom stereocenters. The van der Waals surface area contributed by atoms with E-state index in [0.717, 1.165) is 22.6 Å². The molecule has 26 heavy (non-hydrogen) atoms. The number of para-hydroxylation sites is 1. The number of nitro groups is 1. The van der Waals surface area contributed by atoms with Crippen LogP contribution in [0, 0.1) is 10.1 Å². The van der Waals surface area contributed by atoms with Crippen LogP contribution in [-0.2, 0) is 6.54 Å².